The topological polar surface area (TPSA) is 61.4 Å². The van der Waals surface area contributed by atoms with Gasteiger partial charge in [-0.1, -0.05) is 6.92 Å². The summed E-state index contributed by atoms with van der Waals surface area (Å²) < 4.78 is 0. The number of likely N-dealkylation sites (N-methyl/N-ethyl adjacent to an activating group) is 1. The summed E-state index contributed by atoms with van der Waals surface area (Å²) >= 11 is 0. The molecule has 0 fully saturated rings. The van der Waals surface area contributed by atoms with Gasteiger partial charge in [0.05, 0.1) is 6.54 Å². The van der Waals surface area contributed by atoms with Crippen LogP contribution in [0.4, 0.5) is 0 Å². The van der Waals surface area contributed by atoms with E-state index in [1.807, 2.05) is 20.8 Å². The summed E-state index contributed by atoms with van der Waals surface area (Å²) in [5.74, 6) is -0.252. The van der Waals surface area contributed by atoms with Crippen molar-refractivity contribution in [3.63, 3.8) is 0 Å². The number of hydrogen-bond donors (Lipinski definition) is 2. The minimum absolute atomic E-state index is 0. The largest absolute Gasteiger partial charge is 0.352 e. The molecule has 0 saturated carbocycles. The fourth-order valence-corrected chi connectivity index (χ4v) is 1.43. The van der Waals surface area contributed by atoms with Crippen molar-refractivity contribution in [2.75, 3.05) is 27.2 Å². The summed E-state index contributed by atoms with van der Waals surface area (Å²) in [5.41, 5.74) is 0. The second-order valence-corrected chi connectivity index (χ2v) is 4.38. The van der Waals surface area contributed by atoms with Gasteiger partial charge < -0.3 is 15.5 Å². The second-order valence-electron chi connectivity index (χ2n) is 4.38. The lowest BCUT2D eigenvalue weighted by Gasteiger charge is -2.21. The molecule has 17 heavy (non-hydrogen) atoms. The molecule has 0 bridgehead atoms. The first-order valence-electron chi connectivity index (χ1n) is 5.57. The lowest BCUT2D eigenvalue weighted by molar-refractivity contribution is -0.137. The van der Waals surface area contributed by atoms with Crippen molar-refractivity contribution < 1.29 is 9.59 Å². The summed E-state index contributed by atoms with van der Waals surface area (Å²) in [6.45, 7) is 6.36. The molecule has 0 aliphatic carbocycles. The van der Waals surface area contributed by atoms with Crippen molar-refractivity contribution in [1.29, 1.82) is 0 Å². The molecule has 6 heteroatoms. The van der Waals surface area contributed by atoms with Gasteiger partial charge in [0.25, 0.3) is 0 Å². The Kier molecular flexibility index (Phi) is 10.1. The summed E-state index contributed by atoms with van der Waals surface area (Å²) in [4.78, 5) is 24.6. The number of nitrogens with one attached hydrogen (secondary N) is 2. The first-order valence-corrected chi connectivity index (χ1v) is 5.57. The fourth-order valence-electron chi connectivity index (χ4n) is 1.43. The van der Waals surface area contributed by atoms with Crippen LogP contribution in [0.3, 0.4) is 0 Å². The van der Waals surface area contributed by atoms with Gasteiger partial charge in [0.15, 0.2) is 0 Å². The average Bonchev–Trinajstić information content (AvgIpc) is 2.15. The molecule has 2 N–H and O–H groups in total. The third kappa shape index (κ3) is 7.99. The van der Waals surface area contributed by atoms with Crippen molar-refractivity contribution in [1.82, 2.24) is 15.5 Å². The van der Waals surface area contributed by atoms with Gasteiger partial charge in [-0.2, -0.15) is 0 Å². The highest BCUT2D eigenvalue weighted by atomic mass is 35.5. The van der Waals surface area contributed by atoms with Crippen LogP contribution in [0.1, 0.15) is 20.8 Å². The molecule has 0 aromatic rings. The zero-order valence-electron chi connectivity index (χ0n) is 11.2. The van der Waals surface area contributed by atoms with Gasteiger partial charge in [0.2, 0.25) is 11.8 Å². The van der Waals surface area contributed by atoms with E-state index in [0.717, 1.165) is 0 Å². The summed E-state index contributed by atoms with van der Waals surface area (Å²) in [6, 6.07) is 0.103. The molecule has 0 heterocycles. The Morgan fingerprint density at radius 1 is 1.24 bits per heavy atom. The van der Waals surface area contributed by atoms with Crippen LogP contribution in [0.5, 0.6) is 0 Å². The molecule has 0 aromatic carbocycles. The SMILES string of the molecule is CNCC(C)C(=O)N(C)CC(=O)NC(C)C.Cl. The van der Waals surface area contributed by atoms with E-state index in [-0.39, 0.29) is 42.7 Å². The number of nitrogens with zero attached hydrogens (tertiary/aromatic N) is 1. The lowest BCUT2D eigenvalue weighted by Crippen LogP contribution is -2.43. The molecule has 2 amide bonds. The molecule has 0 rings (SSSR count). The standard InChI is InChI=1S/C11H23N3O2.ClH/c1-8(2)13-10(15)7-14(5)11(16)9(3)6-12-4;/h8-9,12H,6-7H2,1-5H3,(H,13,15);1H. The molecule has 1 atom stereocenters. The molecule has 0 aromatic heterocycles. The van der Waals surface area contributed by atoms with Gasteiger partial charge in [-0.25, -0.2) is 0 Å². The molecule has 0 radical (unpaired) electrons. The van der Waals surface area contributed by atoms with E-state index in [1.54, 1.807) is 14.1 Å². The minimum Gasteiger partial charge on any atom is -0.352 e. The summed E-state index contributed by atoms with van der Waals surface area (Å²) in [5, 5.41) is 5.69. The van der Waals surface area contributed by atoms with Gasteiger partial charge in [0.1, 0.15) is 0 Å². The van der Waals surface area contributed by atoms with Crippen LogP contribution in [0, 0.1) is 5.92 Å². The Balaban J connectivity index is 0. The molecule has 0 spiro atoms. The summed E-state index contributed by atoms with van der Waals surface area (Å²) in [6.07, 6.45) is 0. The van der Waals surface area contributed by atoms with E-state index in [4.69, 9.17) is 0 Å². The van der Waals surface area contributed by atoms with Crippen molar-refractivity contribution in [2.45, 2.75) is 26.8 Å². The van der Waals surface area contributed by atoms with Gasteiger partial charge in [0, 0.05) is 25.6 Å². The predicted molar refractivity (Wildman–Crippen MR) is 71.3 cm³/mol. The number of carbonyl (C=O) groups is 2. The van der Waals surface area contributed by atoms with E-state index in [0.29, 0.717) is 6.54 Å². The van der Waals surface area contributed by atoms with Crippen LogP contribution in [0.15, 0.2) is 0 Å². The lowest BCUT2D eigenvalue weighted by atomic mass is 10.1. The maximum Gasteiger partial charge on any atom is 0.239 e. The van der Waals surface area contributed by atoms with Gasteiger partial charge in [-0.05, 0) is 20.9 Å². The molecular formula is C11H24ClN3O2. The van der Waals surface area contributed by atoms with Crippen LogP contribution >= 0.6 is 12.4 Å². The highest BCUT2D eigenvalue weighted by molar-refractivity contribution is 5.86. The summed E-state index contributed by atoms with van der Waals surface area (Å²) in [7, 11) is 3.45. The first kappa shape index (κ1) is 18.6. The number of halogens is 1. The van der Waals surface area contributed by atoms with E-state index >= 15 is 0 Å². The normalized spacial score (nSPS) is 11.6. The Labute approximate surface area is 110 Å². The van der Waals surface area contributed by atoms with Crippen LogP contribution in [-0.4, -0.2) is 49.9 Å². The monoisotopic (exact) mass is 265 g/mol. The zero-order valence-corrected chi connectivity index (χ0v) is 12.1. The molecule has 102 valence electrons. The van der Waals surface area contributed by atoms with Crippen LogP contribution < -0.4 is 10.6 Å². The van der Waals surface area contributed by atoms with Crippen molar-refractivity contribution in [3.8, 4) is 0 Å². The Hall–Kier alpha value is -0.810. The van der Waals surface area contributed by atoms with Crippen molar-refractivity contribution in [3.05, 3.63) is 0 Å². The molecule has 0 saturated heterocycles. The van der Waals surface area contributed by atoms with E-state index in [9.17, 15) is 9.59 Å². The number of amides is 2. The molecule has 0 aliphatic heterocycles. The molecular weight excluding hydrogens is 242 g/mol. The highest BCUT2D eigenvalue weighted by Gasteiger charge is 2.18. The van der Waals surface area contributed by atoms with E-state index in [2.05, 4.69) is 10.6 Å². The number of rotatable bonds is 6. The Morgan fingerprint density at radius 3 is 2.18 bits per heavy atom. The number of carbonyl (C=O) groups excluding carboxylic acids is 2. The van der Waals surface area contributed by atoms with E-state index < -0.39 is 0 Å². The van der Waals surface area contributed by atoms with E-state index in [1.165, 1.54) is 4.90 Å². The van der Waals surface area contributed by atoms with Crippen LogP contribution in [0.25, 0.3) is 0 Å². The van der Waals surface area contributed by atoms with Crippen molar-refractivity contribution in [2.24, 2.45) is 5.92 Å². The van der Waals surface area contributed by atoms with Gasteiger partial charge in [-0.3, -0.25) is 9.59 Å². The molecule has 0 aliphatic rings. The quantitative estimate of drug-likeness (QED) is 0.724. The fraction of sp³-hybridized carbons (Fsp3) is 0.818. The average molecular weight is 266 g/mol. The van der Waals surface area contributed by atoms with Crippen LogP contribution in [0.2, 0.25) is 0 Å². The third-order valence-electron chi connectivity index (χ3n) is 2.14. The minimum atomic E-state index is -0.123. The van der Waals surface area contributed by atoms with Gasteiger partial charge >= 0.3 is 0 Å². The van der Waals surface area contributed by atoms with Gasteiger partial charge in [-0.15, -0.1) is 12.4 Å². The highest BCUT2D eigenvalue weighted by Crippen LogP contribution is 1.99. The second kappa shape index (κ2) is 9.24. The third-order valence-corrected chi connectivity index (χ3v) is 2.14. The number of hydrogen-bond acceptors (Lipinski definition) is 3. The maximum atomic E-state index is 11.8. The zero-order chi connectivity index (χ0) is 12.7. The van der Waals surface area contributed by atoms with Crippen LogP contribution in [-0.2, 0) is 9.59 Å². The molecule has 1 unspecified atom stereocenters. The Morgan fingerprint density at radius 2 is 1.76 bits per heavy atom. The predicted octanol–water partition coefficient (Wildman–Crippen LogP) is 0.247. The molecule has 5 nitrogen and oxygen atoms in total. The van der Waals surface area contributed by atoms with Crippen molar-refractivity contribution >= 4 is 24.2 Å². The first-order chi connectivity index (χ1) is 7.38. The maximum absolute atomic E-state index is 11.8. The smallest absolute Gasteiger partial charge is 0.239 e. The Bertz CT molecular complexity index is 247.